The van der Waals surface area contributed by atoms with E-state index in [1.165, 1.54) is 18.3 Å². The van der Waals surface area contributed by atoms with Crippen molar-refractivity contribution < 1.29 is 22.3 Å². The first-order chi connectivity index (χ1) is 17.2. The van der Waals surface area contributed by atoms with Crippen LogP contribution in [0.15, 0.2) is 56.8 Å². The Morgan fingerprint density at radius 3 is 2.64 bits per heavy atom. The summed E-state index contributed by atoms with van der Waals surface area (Å²) in [6.07, 6.45) is 1.75. The van der Waals surface area contributed by atoms with Crippen LogP contribution in [0.2, 0.25) is 0 Å². The van der Waals surface area contributed by atoms with Gasteiger partial charge >= 0.3 is 6.36 Å². The Labute approximate surface area is 206 Å². The van der Waals surface area contributed by atoms with Crippen molar-refractivity contribution >= 4 is 23.1 Å². The maximum absolute atomic E-state index is 12.4. The Kier molecular flexibility index (Phi) is 7.73. The normalized spacial score (nSPS) is 18.2. The number of anilines is 1. The van der Waals surface area contributed by atoms with Gasteiger partial charge in [-0.2, -0.15) is 0 Å². The van der Waals surface area contributed by atoms with E-state index in [4.69, 9.17) is 10.2 Å². The maximum Gasteiger partial charge on any atom is 0.572 e. The summed E-state index contributed by atoms with van der Waals surface area (Å²) in [5, 5.41) is 0. The third-order valence-corrected chi connectivity index (χ3v) is 5.81. The van der Waals surface area contributed by atoms with E-state index in [1.807, 2.05) is 12.1 Å². The zero-order valence-corrected chi connectivity index (χ0v) is 20.1. The molecule has 1 aliphatic carbocycles. The van der Waals surface area contributed by atoms with Crippen LogP contribution in [-0.4, -0.2) is 66.1 Å². The molecule has 192 valence electrons. The van der Waals surface area contributed by atoms with Gasteiger partial charge in [0.25, 0.3) is 5.89 Å². The van der Waals surface area contributed by atoms with Crippen LogP contribution in [0.3, 0.4) is 0 Å². The van der Waals surface area contributed by atoms with Crippen molar-refractivity contribution in [2.75, 3.05) is 38.1 Å². The second kappa shape index (κ2) is 10.9. The van der Waals surface area contributed by atoms with Crippen LogP contribution in [-0.2, 0) is 11.3 Å². The number of hydrogen-bond donors (Lipinski definition) is 1. The summed E-state index contributed by atoms with van der Waals surface area (Å²) in [5.41, 5.74) is 7.75. The second-order valence-electron chi connectivity index (χ2n) is 8.58. The van der Waals surface area contributed by atoms with Gasteiger partial charge in [0.1, 0.15) is 17.4 Å². The van der Waals surface area contributed by atoms with Crippen molar-refractivity contribution in [3.8, 4) is 0 Å². The highest BCUT2D eigenvalue weighted by Gasteiger charge is 2.32. The van der Waals surface area contributed by atoms with Gasteiger partial charge in [0.15, 0.2) is 11.6 Å². The average molecular weight is 504 g/mol. The Morgan fingerprint density at radius 2 is 1.94 bits per heavy atom. The SMILES string of the molecule is CC(=NCc1ccnc(N2CCN(C)CC2)c1)N=C(N)c1ncc(C2=CC=C(OC(F)(F)F)CC2)o1. The number of allylic oxidation sites excluding steroid dienone is 4. The molecular weight excluding hydrogens is 475 g/mol. The molecule has 36 heavy (non-hydrogen) atoms. The molecule has 0 bridgehead atoms. The van der Waals surface area contributed by atoms with Crippen molar-refractivity contribution in [2.24, 2.45) is 15.7 Å². The van der Waals surface area contributed by atoms with E-state index in [1.54, 1.807) is 13.1 Å². The molecule has 1 aliphatic heterocycles. The fraction of sp³-hybridized carbons (Fsp3) is 0.417. The number of pyridine rings is 1. The summed E-state index contributed by atoms with van der Waals surface area (Å²) >= 11 is 0. The summed E-state index contributed by atoms with van der Waals surface area (Å²) in [4.78, 5) is 22.0. The average Bonchev–Trinajstić information content (AvgIpc) is 3.33. The highest BCUT2D eigenvalue weighted by atomic mass is 19.4. The topological polar surface area (TPSA) is 105 Å². The first kappa shape index (κ1) is 25.4. The van der Waals surface area contributed by atoms with Gasteiger partial charge in [-0.25, -0.2) is 15.0 Å². The van der Waals surface area contributed by atoms with E-state index in [9.17, 15) is 13.2 Å². The number of halogens is 3. The highest BCUT2D eigenvalue weighted by Crippen LogP contribution is 2.31. The van der Waals surface area contributed by atoms with E-state index in [0.29, 0.717) is 30.1 Å². The third-order valence-electron chi connectivity index (χ3n) is 5.81. The number of nitrogens with zero attached hydrogens (tertiary/aromatic N) is 6. The minimum atomic E-state index is -4.70. The third kappa shape index (κ3) is 6.94. The van der Waals surface area contributed by atoms with Gasteiger partial charge in [0.05, 0.1) is 12.7 Å². The number of alkyl halides is 3. The molecule has 4 rings (SSSR count). The number of amidine groups is 2. The lowest BCUT2D eigenvalue weighted by Gasteiger charge is -2.33. The van der Waals surface area contributed by atoms with Crippen LogP contribution in [0.5, 0.6) is 0 Å². The van der Waals surface area contributed by atoms with E-state index in [0.717, 1.165) is 37.6 Å². The largest absolute Gasteiger partial charge is 0.572 e. The van der Waals surface area contributed by atoms with Gasteiger partial charge in [0, 0.05) is 38.8 Å². The van der Waals surface area contributed by atoms with Crippen LogP contribution in [0.4, 0.5) is 19.0 Å². The molecule has 0 atom stereocenters. The predicted molar refractivity (Wildman–Crippen MR) is 130 cm³/mol. The van der Waals surface area contributed by atoms with E-state index in [-0.39, 0.29) is 23.9 Å². The molecule has 2 N–H and O–H groups in total. The predicted octanol–water partition coefficient (Wildman–Crippen LogP) is 3.74. The molecule has 0 amide bonds. The van der Waals surface area contributed by atoms with Gasteiger partial charge in [-0.3, -0.25) is 4.99 Å². The minimum absolute atomic E-state index is 0.0587. The van der Waals surface area contributed by atoms with Gasteiger partial charge < -0.3 is 24.7 Å². The fourth-order valence-corrected chi connectivity index (χ4v) is 3.83. The molecule has 0 radical (unpaired) electrons. The van der Waals surface area contributed by atoms with Crippen molar-refractivity contribution in [3.05, 3.63) is 59.7 Å². The molecule has 3 heterocycles. The quantitative estimate of drug-likeness (QED) is 0.473. The number of hydrogen-bond acceptors (Lipinski definition) is 7. The van der Waals surface area contributed by atoms with E-state index < -0.39 is 6.36 Å². The van der Waals surface area contributed by atoms with Crippen molar-refractivity contribution in [1.29, 1.82) is 0 Å². The van der Waals surface area contributed by atoms with Crippen molar-refractivity contribution in [1.82, 2.24) is 14.9 Å². The molecule has 2 aromatic heterocycles. The zero-order valence-electron chi connectivity index (χ0n) is 20.1. The maximum atomic E-state index is 12.4. The van der Waals surface area contributed by atoms with Gasteiger partial charge in [0.2, 0.25) is 0 Å². The molecular formula is C24H28F3N7O2. The summed E-state index contributed by atoms with van der Waals surface area (Å²) in [7, 11) is 2.11. The minimum Gasteiger partial charge on any atom is -0.434 e. The van der Waals surface area contributed by atoms with Crippen LogP contribution in [0, 0.1) is 0 Å². The molecule has 0 aromatic carbocycles. The number of aromatic nitrogens is 2. The lowest BCUT2D eigenvalue weighted by Crippen LogP contribution is -2.44. The second-order valence-corrected chi connectivity index (χ2v) is 8.58. The standard InChI is InChI=1S/C24H28F3N7O2/c1-16(30-14-17-7-8-29-21(13-17)34-11-9-33(2)10-12-34)32-22(28)23-31-15-20(35-23)18-3-5-19(6-4-18)36-24(25,26)27/h3,5,7-8,13,15H,4,6,9-12,14H2,1-2H3,(H2,28,30,32). The Bertz CT molecular complexity index is 1190. The summed E-state index contributed by atoms with van der Waals surface area (Å²) in [5.74, 6) is 1.83. The molecule has 9 nitrogen and oxygen atoms in total. The number of piperazine rings is 1. The summed E-state index contributed by atoms with van der Waals surface area (Å²) in [6, 6.07) is 3.95. The Balaban J connectivity index is 1.38. The zero-order chi connectivity index (χ0) is 25.7. The van der Waals surface area contributed by atoms with Crippen molar-refractivity contribution in [2.45, 2.75) is 32.7 Å². The Morgan fingerprint density at radius 1 is 1.17 bits per heavy atom. The number of likely N-dealkylation sites (N-methyl/N-ethyl adjacent to an activating group) is 1. The smallest absolute Gasteiger partial charge is 0.434 e. The van der Waals surface area contributed by atoms with Crippen LogP contribution in [0.1, 0.15) is 37.0 Å². The van der Waals surface area contributed by atoms with Crippen molar-refractivity contribution in [3.63, 3.8) is 0 Å². The highest BCUT2D eigenvalue weighted by molar-refractivity contribution is 6.02. The fourth-order valence-electron chi connectivity index (χ4n) is 3.83. The monoisotopic (exact) mass is 503 g/mol. The number of nitrogens with two attached hydrogens (primary N) is 1. The lowest BCUT2D eigenvalue weighted by atomic mass is 10.0. The number of rotatable bonds is 6. The van der Waals surface area contributed by atoms with E-state index in [2.05, 4.69) is 41.5 Å². The lowest BCUT2D eigenvalue weighted by molar-refractivity contribution is -0.306. The Hall–Kier alpha value is -3.67. The number of oxazole rings is 1. The summed E-state index contributed by atoms with van der Waals surface area (Å²) in [6.45, 7) is 6.02. The molecule has 0 spiro atoms. The van der Waals surface area contributed by atoms with Gasteiger partial charge in [-0.15, -0.1) is 13.2 Å². The number of aliphatic imine (C=N–C) groups is 2. The molecule has 0 unspecified atom stereocenters. The molecule has 1 fully saturated rings. The first-order valence-electron chi connectivity index (χ1n) is 11.5. The van der Waals surface area contributed by atoms with Crippen LogP contribution < -0.4 is 10.6 Å². The molecule has 0 saturated carbocycles. The number of ether oxygens (including phenoxy) is 1. The van der Waals surface area contributed by atoms with Crippen LogP contribution in [0.25, 0.3) is 5.57 Å². The van der Waals surface area contributed by atoms with Gasteiger partial charge in [-0.1, -0.05) is 6.08 Å². The molecule has 12 heteroatoms. The summed E-state index contributed by atoms with van der Waals surface area (Å²) < 4.78 is 46.7. The molecule has 2 aromatic rings. The van der Waals surface area contributed by atoms with Gasteiger partial charge in [-0.05, 0) is 49.7 Å². The first-order valence-corrected chi connectivity index (χ1v) is 11.5. The van der Waals surface area contributed by atoms with Crippen LogP contribution >= 0.6 is 0 Å². The van der Waals surface area contributed by atoms with E-state index >= 15 is 0 Å². The molecule has 2 aliphatic rings. The molecule has 1 saturated heterocycles.